The molecule has 0 bridgehead atoms. The zero-order valence-electron chi connectivity index (χ0n) is 8.40. The average Bonchev–Trinajstić information content (AvgIpc) is 2.16. The monoisotopic (exact) mass is 246 g/mol. The molecule has 0 amide bonds. The van der Waals surface area contributed by atoms with E-state index in [1.54, 1.807) is 0 Å². The van der Waals surface area contributed by atoms with Crippen molar-refractivity contribution in [2.45, 2.75) is 13.0 Å². The van der Waals surface area contributed by atoms with E-state index >= 15 is 0 Å². The summed E-state index contributed by atoms with van der Waals surface area (Å²) in [5.41, 5.74) is 5.25. The molecule has 8 heteroatoms. The van der Waals surface area contributed by atoms with E-state index in [-0.39, 0.29) is 11.2 Å². The molecule has 0 radical (unpaired) electrons. The normalized spacial score (nSPS) is 13.2. The van der Waals surface area contributed by atoms with Crippen LogP contribution in [0.1, 0.15) is 6.92 Å². The van der Waals surface area contributed by atoms with Crippen LogP contribution in [0, 0.1) is 0 Å². The number of esters is 1. The highest BCUT2D eigenvalue weighted by atomic mass is 31.2. The lowest BCUT2D eigenvalue weighted by Crippen LogP contribution is -2.31. The second-order valence-electron chi connectivity index (χ2n) is 3.11. The summed E-state index contributed by atoms with van der Waals surface area (Å²) in [6.45, 7) is 1.43. The number of pyridine rings is 1. The standard InChI is InChI=1S/C8H11N2O5P/c1-5(9)8(11)15-7-4-6(2-3-10-7)16(12,13)14/h2-5H,9H2,1H3,(H2,12,13,14)/t5-/m0/s1. The lowest BCUT2D eigenvalue weighted by Gasteiger charge is -2.07. The predicted molar refractivity (Wildman–Crippen MR) is 55.2 cm³/mol. The van der Waals surface area contributed by atoms with Crippen LogP contribution in [0.4, 0.5) is 0 Å². The van der Waals surface area contributed by atoms with E-state index in [1.165, 1.54) is 6.92 Å². The van der Waals surface area contributed by atoms with Gasteiger partial charge >= 0.3 is 13.6 Å². The number of nitrogens with two attached hydrogens (primary N) is 1. The van der Waals surface area contributed by atoms with E-state index in [4.69, 9.17) is 20.3 Å². The molecule has 0 aliphatic rings. The first-order valence-corrected chi connectivity index (χ1v) is 5.91. The quantitative estimate of drug-likeness (QED) is 0.468. The molecule has 0 aliphatic heterocycles. The van der Waals surface area contributed by atoms with Crippen LogP contribution in [0.15, 0.2) is 18.3 Å². The van der Waals surface area contributed by atoms with Gasteiger partial charge in [-0.1, -0.05) is 0 Å². The van der Waals surface area contributed by atoms with Crippen LogP contribution < -0.4 is 15.8 Å². The maximum Gasteiger partial charge on any atom is 0.356 e. The molecule has 0 spiro atoms. The van der Waals surface area contributed by atoms with E-state index in [0.717, 1.165) is 18.3 Å². The lowest BCUT2D eigenvalue weighted by molar-refractivity contribution is -0.135. The number of carbonyl (C=O) groups is 1. The first-order chi connectivity index (χ1) is 7.30. The largest absolute Gasteiger partial charge is 0.406 e. The number of carbonyl (C=O) groups excluding carboxylic acids is 1. The molecule has 0 fully saturated rings. The van der Waals surface area contributed by atoms with Gasteiger partial charge in [0.15, 0.2) is 0 Å². The Morgan fingerprint density at radius 2 is 2.25 bits per heavy atom. The number of aromatic nitrogens is 1. The minimum absolute atomic E-state index is 0.192. The third-order valence-electron chi connectivity index (χ3n) is 1.63. The molecule has 1 atom stereocenters. The van der Waals surface area contributed by atoms with Crippen molar-refractivity contribution in [3.63, 3.8) is 0 Å². The second kappa shape index (κ2) is 4.71. The molecule has 1 rings (SSSR count). The Hall–Kier alpha value is -1.27. The molecule has 0 aliphatic carbocycles. The fourth-order valence-corrected chi connectivity index (χ4v) is 1.37. The topological polar surface area (TPSA) is 123 Å². The smallest absolute Gasteiger partial charge is 0.356 e. The van der Waals surface area contributed by atoms with Crippen molar-refractivity contribution < 1.29 is 23.9 Å². The summed E-state index contributed by atoms with van der Waals surface area (Å²) in [7, 11) is -4.37. The summed E-state index contributed by atoms with van der Waals surface area (Å²) < 4.78 is 15.6. The van der Waals surface area contributed by atoms with Crippen molar-refractivity contribution >= 4 is 18.9 Å². The highest BCUT2D eigenvalue weighted by molar-refractivity contribution is 7.60. The van der Waals surface area contributed by atoms with Crippen LogP contribution in [-0.2, 0) is 9.36 Å². The van der Waals surface area contributed by atoms with Gasteiger partial charge in [0.05, 0.1) is 5.30 Å². The summed E-state index contributed by atoms with van der Waals surface area (Å²) in [6, 6.07) is 1.31. The highest BCUT2D eigenvalue weighted by Gasteiger charge is 2.19. The fourth-order valence-electron chi connectivity index (χ4n) is 0.832. The van der Waals surface area contributed by atoms with Gasteiger partial charge in [0, 0.05) is 12.3 Å². The zero-order chi connectivity index (χ0) is 12.3. The molecule has 0 aromatic carbocycles. The second-order valence-corrected chi connectivity index (χ2v) is 4.71. The van der Waals surface area contributed by atoms with Crippen molar-refractivity contribution in [1.82, 2.24) is 4.98 Å². The minimum Gasteiger partial charge on any atom is -0.406 e. The minimum atomic E-state index is -4.37. The summed E-state index contributed by atoms with van der Waals surface area (Å²) in [6.07, 6.45) is 1.14. The van der Waals surface area contributed by atoms with Gasteiger partial charge in [0.1, 0.15) is 6.04 Å². The molecule has 0 saturated carbocycles. The number of ether oxygens (including phenoxy) is 1. The highest BCUT2D eigenvalue weighted by Crippen LogP contribution is 2.33. The summed E-state index contributed by atoms with van der Waals surface area (Å²) in [5, 5.41) is -0.269. The van der Waals surface area contributed by atoms with E-state index in [1.807, 2.05) is 0 Å². The molecule has 7 nitrogen and oxygen atoms in total. The van der Waals surface area contributed by atoms with Gasteiger partial charge in [0.25, 0.3) is 0 Å². The lowest BCUT2D eigenvalue weighted by atomic mass is 10.4. The molecule has 0 saturated heterocycles. The third kappa shape index (κ3) is 3.39. The van der Waals surface area contributed by atoms with Crippen LogP contribution in [0.2, 0.25) is 0 Å². The fraction of sp³-hybridized carbons (Fsp3) is 0.250. The Morgan fingerprint density at radius 1 is 1.62 bits per heavy atom. The number of hydrogen-bond donors (Lipinski definition) is 3. The molecular weight excluding hydrogens is 235 g/mol. The van der Waals surface area contributed by atoms with Gasteiger partial charge in [-0.25, -0.2) is 9.78 Å². The molecular formula is C8H11N2O5P. The molecule has 1 aromatic rings. The summed E-state index contributed by atoms with van der Waals surface area (Å²) >= 11 is 0. The van der Waals surface area contributed by atoms with Crippen LogP contribution in [0.25, 0.3) is 0 Å². The van der Waals surface area contributed by atoms with Crippen molar-refractivity contribution in [2.75, 3.05) is 0 Å². The predicted octanol–water partition coefficient (Wildman–Crippen LogP) is -0.863. The summed E-state index contributed by atoms with van der Waals surface area (Å²) in [5.74, 6) is -0.918. The molecule has 1 heterocycles. The van der Waals surface area contributed by atoms with Gasteiger partial charge in [-0.15, -0.1) is 0 Å². The SMILES string of the molecule is C[C@H](N)C(=O)Oc1cc(P(=O)(O)O)ccn1. The molecule has 16 heavy (non-hydrogen) atoms. The molecule has 0 unspecified atom stereocenters. The van der Waals surface area contributed by atoms with E-state index in [9.17, 15) is 9.36 Å². The van der Waals surface area contributed by atoms with Gasteiger partial charge in [-0.3, -0.25) is 4.57 Å². The van der Waals surface area contributed by atoms with E-state index in [0.29, 0.717) is 0 Å². The maximum absolute atomic E-state index is 11.1. The molecule has 1 aromatic heterocycles. The van der Waals surface area contributed by atoms with E-state index in [2.05, 4.69) is 4.98 Å². The van der Waals surface area contributed by atoms with Crippen LogP contribution in [0.5, 0.6) is 5.88 Å². The van der Waals surface area contributed by atoms with E-state index < -0.39 is 19.6 Å². The molecule has 4 N–H and O–H groups in total. The first kappa shape index (κ1) is 12.8. The van der Waals surface area contributed by atoms with Crippen LogP contribution in [0.3, 0.4) is 0 Å². The Labute approximate surface area is 91.4 Å². The number of nitrogens with zero attached hydrogens (tertiary/aromatic N) is 1. The maximum atomic E-state index is 11.1. The summed E-state index contributed by atoms with van der Waals surface area (Å²) in [4.78, 5) is 32.5. The van der Waals surface area contributed by atoms with Gasteiger partial charge in [0.2, 0.25) is 5.88 Å². The van der Waals surface area contributed by atoms with Gasteiger partial charge in [-0.2, -0.15) is 0 Å². The molecule has 88 valence electrons. The third-order valence-corrected chi connectivity index (χ3v) is 2.58. The van der Waals surface area contributed by atoms with Gasteiger partial charge in [-0.05, 0) is 13.0 Å². The first-order valence-electron chi connectivity index (χ1n) is 4.30. The Morgan fingerprint density at radius 3 is 2.75 bits per heavy atom. The van der Waals surface area contributed by atoms with Crippen molar-refractivity contribution in [2.24, 2.45) is 5.73 Å². The average molecular weight is 246 g/mol. The van der Waals surface area contributed by atoms with Crippen LogP contribution >= 0.6 is 7.60 Å². The Bertz CT molecular complexity index is 442. The zero-order valence-corrected chi connectivity index (χ0v) is 9.29. The van der Waals surface area contributed by atoms with Crippen molar-refractivity contribution in [3.05, 3.63) is 18.3 Å². The van der Waals surface area contributed by atoms with Crippen molar-refractivity contribution in [1.29, 1.82) is 0 Å². The van der Waals surface area contributed by atoms with Crippen LogP contribution in [-0.4, -0.2) is 26.8 Å². The Kier molecular flexibility index (Phi) is 3.77. The van der Waals surface area contributed by atoms with Gasteiger partial charge < -0.3 is 20.3 Å². The van der Waals surface area contributed by atoms with Crippen molar-refractivity contribution in [3.8, 4) is 5.88 Å². The Balaban J connectivity index is 2.92. The number of rotatable bonds is 3. The number of hydrogen-bond acceptors (Lipinski definition) is 5.